The molecule has 36 heavy (non-hydrogen) atoms. The van der Waals surface area contributed by atoms with Crippen LogP contribution in [0, 0.1) is 0 Å². The number of ether oxygens (including phenoxy) is 2. The van der Waals surface area contributed by atoms with Crippen LogP contribution < -0.4 is 9.47 Å². The Kier molecular flexibility index (Phi) is 13.3. The summed E-state index contributed by atoms with van der Waals surface area (Å²) in [5, 5.41) is 9.35. The van der Waals surface area contributed by atoms with Crippen molar-refractivity contribution in [1.82, 2.24) is 4.98 Å². The van der Waals surface area contributed by atoms with Crippen molar-refractivity contribution in [3.05, 3.63) is 42.5 Å². The van der Waals surface area contributed by atoms with Gasteiger partial charge in [0.15, 0.2) is 0 Å². The summed E-state index contributed by atoms with van der Waals surface area (Å²) in [4.78, 5) is 4.59. The molecule has 3 rings (SSSR count). The summed E-state index contributed by atoms with van der Waals surface area (Å²) in [6.45, 7) is 6.03. The Bertz CT molecular complexity index is 1020. The third kappa shape index (κ3) is 10.7. The quantitative estimate of drug-likeness (QED) is 0.119. The zero-order valence-electron chi connectivity index (χ0n) is 22.2. The van der Waals surface area contributed by atoms with Crippen LogP contribution in [0.4, 0.5) is 10.8 Å². The van der Waals surface area contributed by atoms with E-state index >= 15 is 0 Å². The van der Waals surface area contributed by atoms with E-state index in [1.165, 1.54) is 82.0 Å². The van der Waals surface area contributed by atoms with Gasteiger partial charge in [-0.15, -0.1) is 10.2 Å². The van der Waals surface area contributed by atoms with Crippen molar-refractivity contribution in [2.75, 3.05) is 13.2 Å². The highest BCUT2D eigenvalue weighted by Crippen LogP contribution is 2.32. The molecular weight excluding hydrogens is 466 g/mol. The minimum absolute atomic E-state index is 0.651. The fourth-order valence-electron chi connectivity index (χ4n) is 4.06. The highest BCUT2D eigenvalue weighted by Gasteiger charge is 2.05. The van der Waals surface area contributed by atoms with Crippen molar-refractivity contribution < 1.29 is 9.47 Å². The molecule has 5 nitrogen and oxygen atoms in total. The van der Waals surface area contributed by atoms with E-state index in [-0.39, 0.29) is 0 Å². The lowest BCUT2D eigenvalue weighted by molar-refractivity contribution is 0.304. The number of fused-ring (bicyclic) bond motifs is 1. The molecule has 2 aromatic carbocycles. The van der Waals surface area contributed by atoms with E-state index in [9.17, 15) is 0 Å². The van der Waals surface area contributed by atoms with Crippen LogP contribution in [-0.4, -0.2) is 18.2 Å². The molecular formula is C30H43N3O2S. The Morgan fingerprint density at radius 3 is 1.83 bits per heavy atom. The van der Waals surface area contributed by atoms with Crippen molar-refractivity contribution in [3.63, 3.8) is 0 Å². The number of hydrogen-bond acceptors (Lipinski definition) is 6. The van der Waals surface area contributed by atoms with E-state index in [0.29, 0.717) is 5.13 Å². The summed E-state index contributed by atoms with van der Waals surface area (Å²) in [6, 6.07) is 13.8. The van der Waals surface area contributed by atoms with Gasteiger partial charge in [-0.3, -0.25) is 0 Å². The molecule has 196 valence electrons. The molecule has 0 unspecified atom stereocenters. The normalized spacial score (nSPS) is 11.5. The van der Waals surface area contributed by atoms with Crippen LogP contribution in [0.25, 0.3) is 10.2 Å². The van der Waals surface area contributed by atoms with Gasteiger partial charge in [0.05, 0.1) is 29.1 Å². The van der Waals surface area contributed by atoms with Crippen LogP contribution in [0.3, 0.4) is 0 Å². The van der Waals surface area contributed by atoms with Crippen LogP contribution in [0.2, 0.25) is 0 Å². The SMILES string of the molecule is CCCCCCCCCCOc1ccc2nc(N=Nc3ccc(OCCCCCCC)cc3)sc2c1. The van der Waals surface area contributed by atoms with E-state index in [4.69, 9.17) is 9.47 Å². The van der Waals surface area contributed by atoms with Gasteiger partial charge in [-0.05, 0) is 55.3 Å². The second kappa shape index (κ2) is 17.1. The number of rotatable bonds is 19. The highest BCUT2D eigenvalue weighted by atomic mass is 32.1. The summed E-state index contributed by atoms with van der Waals surface area (Å²) in [5.74, 6) is 1.78. The lowest BCUT2D eigenvalue weighted by Gasteiger charge is -2.06. The Morgan fingerprint density at radius 2 is 1.19 bits per heavy atom. The first-order valence-electron chi connectivity index (χ1n) is 14.0. The number of azo groups is 1. The fourth-order valence-corrected chi connectivity index (χ4v) is 4.87. The molecule has 0 radical (unpaired) electrons. The molecule has 3 aromatic rings. The topological polar surface area (TPSA) is 56.1 Å². The standard InChI is InChI=1S/C30H43N3O2S/c1-3-5-7-9-10-11-13-15-23-35-27-20-21-28-29(24-27)36-30(31-28)33-32-25-16-18-26(19-17-25)34-22-14-12-8-6-4-2/h16-21,24H,3-15,22-23H2,1-2H3. The monoisotopic (exact) mass is 509 g/mol. The first kappa shape index (κ1) is 28.1. The van der Waals surface area contributed by atoms with Crippen molar-refractivity contribution in [2.24, 2.45) is 10.2 Å². The zero-order valence-corrected chi connectivity index (χ0v) is 23.0. The maximum absolute atomic E-state index is 5.97. The fraction of sp³-hybridized carbons (Fsp3) is 0.567. The number of thiazole rings is 1. The maximum Gasteiger partial charge on any atom is 0.231 e. The van der Waals surface area contributed by atoms with E-state index < -0.39 is 0 Å². The van der Waals surface area contributed by atoms with Crippen molar-refractivity contribution in [1.29, 1.82) is 0 Å². The molecule has 1 aromatic heterocycles. The number of benzene rings is 2. The van der Waals surface area contributed by atoms with Crippen LogP contribution in [0.5, 0.6) is 11.5 Å². The summed E-state index contributed by atoms with van der Waals surface area (Å²) in [5.41, 5.74) is 1.72. The van der Waals surface area contributed by atoms with E-state index in [1.54, 1.807) is 0 Å². The summed E-state index contributed by atoms with van der Waals surface area (Å²) >= 11 is 1.53. The summed E-state index contributed by atoms with van der Waals surface area (Å²) in [7, 11) is 0. The van der Waals surface area contributed by atoms with Gasteiger partial charge in [-0.1, -0.05) is 95.8 Å². The largest absolute Gasteiger partial charge is 0.494 e. The molecule has 0 aliphatic rings. The van der Waals surface area contributed by atoms with Gasteiger partial charge in [-0.25, -0.2) is 4.98 Å². The van der Waals surface area contributed by atoms with Gasteiger partial charge in [0.2, 0.25) is 5.13 Å². The maximum atomic E-state index is 5.97. The second-order valence-corrected chi connectivity index (χ2v) is 10.4. The minimum Gasteiger partial charge on any atom is -0.494 e. The second-order valence-electron chi connectivity index (χ2n) is 9.41. The number of aromatic nitrogens is 1. The van der Waals surface area contributed by atoms with Crippen LogP contribution in [0.15, 0.2) is 52.7 Å². The predicted octanol–water partition coefficient (Wildman–Crippen LogP) is 10.6. The smallest absolute Gasteiger partial charge is 0.231 e. The zero-order chi connectivity index (χ0) is 25.3. The Morgan fingerprint density at radius 1 is 0.639 bits per heavy atom. The lowest BCUT2D eigenvalue weighted by Crippen LogP contribution is -1.97. The third-order valence-electron chi connectivity index (χ3n) is 6.22. The van der Waals surface area contributed by atoms with Gasteiger partial charge >= 0.3 is 0 Å². The average molecular weight is 510 g/mol. The molecule has 0 N–H and O–H groups in total. The van der Waals surface area contributed by atoms with Crippen LogP contribution >= 0.6 is 11.3 Å². The van der Waals surface area contributed by atoms with Crippen molar-refractivity contribution in [3.8, 4) is 11.5 Å². The number of unbranched alkanes of at least 4 members (excludes halogenated alkanes) is 11. The minimum atomic E-state index is 0.651. The van der Waals surface area contributed by atoms with Gasteiger partial charge < -0.3 is 9.47 Å². The Labute approximate surface area is 221 Å². The predicted molar refractivity (Wildman–Crippen MR) is 153 cm³/mol. The molecule has 0 aliphatic heterocycles. The first-order chi connectivity index (χ1) is 17.8. The molecule has 0 spiro atoms. The first-order valence-corrected chi connectivity index (χ1v) is 14.8. The van der Waals surface area contributed by atoms with Gasteiger partial charge in [-0.2, -0.15) is 0 Å². The summed E-state index contributed by atoms with van der Waals surface area (Å²) < 4.78 is 12.9. The molecule has 0 fully saturated rings. The van der Waals surface area contributed by atoms with Crippen molar-refractivity contribution in [2.45, 2.75) is 97.3 Å². The number of hydrogen-bond donors (Lipinski definition) is 0. The molecule has 1 heterocycles. The Hall–Kier alpha value is -2.47. The van der Waals surface area contributed by atoms with Gasteiger partial charge in [0, 0.05) is 0 Å². The highest BCUT2D eigenvalue weighted by molar-refractivity contribution is 7.21. The van der Waals surface area contributed by atoms with Gasteiger partial charge in [0.25, 0.3) is 0 Å². The van der Waals surface area contributed by atoms with Crippen LogP contribution in [-0.2, 0) is 0 Å². The third-order valence-corrected chi connectivity index (χ3v) is 7.12. The van der Waals surface area contributed by atoms with Gasteiger partial charge in [0.1, 0.15) is 11.5 Å². The summed E-state index contributed by atoms with van der Waals surface area (Å²) in [6.07, 6.45) is 16.6. The van der Waals surface area contributed by atoms with Crippen molar-refractivity contribution >= 4 is 32.4 Å². The van der Waals surface area contributed by atoms with E-state index in [0.717, 1.165) is 53.5 Å². The lowest BCUT2D eigenvalue weighted by atomic mass is 10.1. The molecule has 0 amide bonds. The molecule has 0 atom stereocenters. The number of nitrogens with zero attached hydrogens (tertiary/aromatic N) is 3. The molecule has 0 bridgehead atoms. The average Bonchev–Trinajstić information content (AvgIpc) is 3.31. The van der Waals surface area contributed by atoms with E-state index in [2.05, 4.69) is 35.1 Å². The molecule has 0 aliphatic carbocycles. The van der Waals surface area contributed by atoms with E-state index in [1.807, 2.05) is 36.4 Å². The molecule has 6 heteroatoms. The van der Waals surface area contributed by atoms with Crippen LogP contribution in [0.1, 0.15) is 97.3 Å². The molecule has 0 saturated heterocycles. The molecule has 0 saturated carbocycles. The Balaban J connectivity index is 1.39.